The van der Waals surface area contributed by atoms with Gasteiger partial charge < -0.3 is 20.2 Å². The van der Waals surface area contributed by atoms with Gasteiger partial charge >= 0.3 is 41.8 Å². The monoisotopic (exact) mass is 418 g/mol. The van der Waals surface area contributed by atoms with Crippen LogP contribution < -0.4 is 0 Å². The molecule has 128 valence electrons. The van der Waals surface area contributed by atoms with Gasteiger partial charge in [0.1, 0.15) is 0 Å². The van der Waals surface area contributed by atoms with Crippen molar-refractivity contribution in [1.29, 1.82) is 0 Å². The predicted molar refractivity (Wildman–Crippen MR) is 98.5 cm³/mol. The van der Waals surface area contributed by atoms with Gasteiger partial charge in [-0.3, -0.25) is 0 Å². The average Bonchev–Trinajstić information content (AvgIpc) is 2.35. The number of rotatable bonds is 4. The van der Waals surface area contributed by atoms with Crippen molar-refractivity contribution < 1.29 is 12.3 Å². The van der Waals surface area contributed by atoms with Crippen LogP contribution in [0.5, 0.6) is 0 Å². The summed E-state index contributed by atoms with van der Waals surface area (Å²) in [6, 6.07) is 0. The molecule has 22 heavy (non-hydrogen) atoms. The van der Waals surface area contributed by atoms with Crippen molar-refractivity contribution in [3.63, 3.8) is 0 Å². The first-order chi connectivity index (χ1) is 10.2. The van der Waals surface area contributed by atoms with Gasteiger partial charge in [0.15, 0.2) is 0 Å². The first kappa shape index (κ1) is 19.9. The van der Waals surface area contributed by atoms with E-state index in [9.17, 15) is 0 Å². The van der Waals surface area contributed by atoms with Gasteiger partial charge in [0, 0.05) is 0 Å². The molecule has 0 nitrogen and oxygen atoms in total. The molecular weight excluding hydrogens is 392 g/mol. The fourth-order valence-electron chi connectivity index (χ4n) is 4.76. The van der Waals surface area contributed by atoms with E-state index < -0.39 is 12.3 Å². The fourth-order valence-corrected chi connectivity index (χ4v) is 5.92. The number of halogens is 3. The third-order valence-corrected chi connectivity index (χ3v) is 7.09. The van der Waals surface area contributed by atoms with Crippen molar-refractivity contribution in [3.8, 4) is 0 Å². The first-order valence-corrected chi connectivity index (χ1v) is 15.1. The summed E-state index contributed by atoms with van der Waals surface area (Å²) in [6.45, 7) is 6.90. The second-order valence-electron chi connectivity index (χ2n) is 8.08. The molecule has 0 aromatic rings. The van der Waals surface area contributed by atoms with Gasteiger partial charge in [0.25, 0.3) is 0 Å². The van der Waals surface area contributed by atoms with Crippen molar-refractivity contribution in [2.45, 2.75) is 65.7 Å². The molecule has 4 aliphatic rings. The van der Waals surface area contributed by atoms with E-state index in [1.54, 1.807) is 19.3 Å². The van der Waals surface area contributed by atoms with E-state index in [-0.39, 0.29) is 0 Å². The van der Waals surface area contributed by atoms with Crippen molar-refractivity contribution >= 4 is 43.5 Å². The van der Waals surface area contributed by atoms with Gasteiger partial charge in [-0.05, 0) is 37.0 Å². The van der Waals surface area contributed by atoms with Crippen LogP contribution in [-0.2, 0) is 12.3 Å². The average molecular weight is 420 g/mol. The summed E-state index contributed by atoms with van der Waals surface area (Å²) in [5.74, 6) is 6.91. The predicted octanol–water partition coefficient (Wildman–Crippen LogP) is 7.49. The summed E-state index contributed by atoms with van der Waals surface area (Å²) in [4.78, 5) is 0. The van der Waals surface area contributed by atoms with E-state index in [4.69, 9.17) is 29.5 Å². The second kappa shape index (κ2) is 8.34. The van der Waals surface area contributed by atoms with Crippen LogP contribution >= 0.6 is 37.7 Å². The van der Waals surface area contributed by atoms with Crippen molar-refractivity contribution in [2.24, 2.45) is 28.6 Å². The molecule has 0 aromatic heterocycles. The molecular formula is C17H27Cl3PV-2. The quantitative estimate of drug-likeness (QED) is 0.327. The Morgan fingerprint density at radius 1 is 1.09 bits per heavy atom. The SMILES string of the molecule is CCC(C)(C)[C-]=P[CH-]C12CC3CC(CC(C3)C1)C2.[Cl][V]([Cl])[Cl]. The molecule has 0 saturated heterocycles. The van der Waals surface area contributed by atoms with Crippen LogP contribution in [0.4, 0.5) is 0 Å². The summed E-state index contributed by atoms with van der Waals surface area (Å²) >= 11 is -1.77. The van der Waals surface area contributed by atoms with E-state index in [0.717, 1.165) is 17.8 Å². The molecule has 0 spiro atoms. The molecule has 0 unspecified atom stereocenters. The molecule has 4 saturated carbocycles. The van der Waals surface area contributed by atoms with Crippen LogP contribution in [0.1, 0.15) is 65.7 Å². The maximum absolute atomic E-state index is 4.95. The third-order valence-electron chi connectivity index (χ3n) is 5.68. The zero-order valence-corrected chi connectivity index (χ0v) is 18.3. The molecule has 5 heteroatoms. The minimum atomic E-state index is -1.77. The van der Waals surface area contributed by atoms with Gasteiger partial charge in [0.2, 0.25) is 0 Å². The van der Waals surface area contributed by atoms with Gasteiger partial charge in [-0.1, -0.05) is 46.5 Å². The third kappa shape index (κ3) is 5.86. The van der Waals surface area contributed by atoms with Gasteiger partial charge in [-0.25, -0.2) is 0 Å². The summed E-state index contributed by atoms with van der Waals surface area (Å²) in [5, 5.41) is 0. The Morgan fingerprint density at radius 2 is 1.50 bits per heavy atom. The minimum absolute atomic E-state index is 0.292. The van der Waals surface area contributed by atoms with Crippen LogP contribution in [0.2, 0.25) is 0 Å². The van der Waals surface area contributed by atoms with E-state index in [1.165, 1.54) is 33.9 Å². The fraction of sp³-hybridized carbons (Fsp3) is 0.882. The summed E-state index contributed by atoms with van der Waals surface area (Å²) in [6.07, 6.45) is 13.0. The zero-order valence-electron chi connectivity index (χ0n) is 13.8. The Balaban J connectivity index is 0.000000396. The van der Waals surface area contributed by atoms with Crippen molar-refractivity contribution in [3.05, 3.63) is 6.16 Å². The van der Waals surface area contributed by atoms with Crippen LogP contribution in [0.25, 0.3) is 0 Å². The molecule has 4 aliphatic carbocycles. The molecule has 4 bridgehead atoms. The molecule has 0 amide bonds. The molecule has 0 aliphatic heterocycles. The van der Waals surface area contributed by atoms with Gasteiger partial charge in [0.05, 0.1) is 0 Å². The molecule has 0 N–H and O–H groups in total. The van der Waals surface area contributed by atoms with E-state index in [1.807, 2.05) is 0 Å². The summed E-state index contributed by atoms with van der Waals surface area (Å²) < 4.78 is 0. The second-order valence-corrected chi connectivity index (χ2v) is 15.7. The Kier molecular flexibility index (Phi) is 7.56. The summed E-state index contributed by atoms with van der Waals surface area (Å²) in [5.41, 5.74) is 0.910. The van der Waals surface area contributed by atoms with Crippen molar-refractivity contribution in [2.75, 3.05) is 0 Å². The molecule has 0 heterocycles. The van der Waals surface area contributed by atoms with E-state index >= 15 is 0 Å². The number of hydrogen-bond acceptors (Lipinski definition) is 0. The number of hydrogen-bond donors (Lipinski definition) is 0. The van der Waals surface area contributed by atoms with E-state index in [2.05, 4.69) is 32.7 Å². The summed E-state index contributed by atoms with van der Waals surface area (Å²) in [7, 11) is 16.2. The molecule has 4 fully saturated rings. The van der Waals surface area contributed by atoms with Gasteiger partial charge in [-0.15, -0.1) is 5.41 Å². The van der Waals surface area contributed by atoms with Crippen LogP contribution in [0.15, 0.2) is 0 Å². The Labute approximate surface area is 155 Å². The van der Waals surface area contributed by atoms with E-state index in [0.29, 0.717) is 10.8 Å². The maximum atomic E-state index is 4.95. The van der Waals surface area contributed by atoms with Crippen LogP contribution in [0, 0.1) is 34.7 Å². The molecule has 0 atom stereocenters. The standard InChI is InChI=1S/C17H27P.3ClH.V/c1-4-16(2,3)11-18-12-17-8-13-5-14(9-17)7-15(6-13)10-17;;;;/h12-15H,4-10H2,1-3H3;3*1H;/q-2;;;;+3/p-3. The Hall–Kier alpha value is 1.62. The van der Waals surface area contributed by atoms with Gasteiger partial charge in [-0.2, -0.15) is 5.41 Å². The van der Waals surface area contributed by atoms with Crippen LogP contribution in [0.3, 0.4) is 0 Å². The normalized spacial score (nSPS) is 36.8. The van der Waals surface area contributed by atoms with Crippen molar-refractivity contribution in [1.82, 2.24) is 0 Å². The molecule has 0 aromatic carbocycles. The Morgan fingerprint density at radius 3 is 1.86 bits per heavy atom. The topological polar surface area (TPSA) is 0 Å². The van der Waals surface area contributed by atoms with Crippen LogP contribution in [-0.4, -0.2) is 5.80 Å². The zero-order chi connectivity index (χ0) is 16.4. The first-order valence-electron chi connectivity index (χ1n) is 8.32. The molecule has 4 rings (SSSR count). The Bertz CT molecular complexity index is 357. The molecule has 0 radical (unpaired) electrons.